The summed E-state index contributed by atoms with van der Waals surface area (Å²) in [4.78, 5) is 5.10. The van der Waals surface area contributed by atoms with Gasteiger partial charge in [-0.25, -0.2) is 4.98 Å². The maximum Gasteiger partial charge on any atom is 0.146 e. The molecule has 0 amide bonds. The highest BCUT2D eigenvalue weighted by atomic mass is 15.0. The third kappa shape index (κ3) is 3.17. The van der Waals surface area contributed by atoms with Crippen LogP contribution in [0.4, 0.5) is 0 Å². The molecule has 1 unspecified atom stereocenters. The van der Waals surface area contributed by atoms with Gasteiger partial charge >= 0.3 is 0 Å². The SMILES string of the molecule is CC1CC=Cc2c1n1c3ccccc3nc1c1ccc(-c3ccc4cc(-c5ccccc5)ccc4c3)cc21. The molecular formula is C36H26N2. The zero-order valence-corrected chi connectivity index (χ0v) is 21.2. The molecule has 2 heterocycles. The van der Waals surface area contributed by atoms with Crippen LogP contribution in [0.2, 0.25) is 0 Å². The lowest BCUT2D eigenvalue weighted by Gasteiger charge is -2.23. The fourth-order valence-electron chi connectivity index (χ4n) is 6.25. The molecule has 180 valence electrons. The van der Waals surface area contributed by atoms with Crippen molar-refractivity contribution in [2.45, 2.75) is 19.3 Å². The van der Waals surface area contributed by atoms with Crippen LogP contribution in [-0.4, -0.2) is 9.38 Å². The Kier molecular flexibility index (Phi) is 4.59. The van der Waals surface area contributed by atoms with Crippen molar-refractivity contribution in [1.29, 1.82) is 0 Å². The summed E-state index contributed by atoms with van der Waals surface area (Å²) in [6.07, 6.45) is 5.70. The molecule has 38 heavy (non-hydrogen) atoms. The predicted octanol–water partition coefficient (Wildman–Crippen LogP) is 9.65. The van der Waals surface area contributed by atoms with Crippen molar-refractivity contribution in [2.75, 3.05) is 0 Å². The first-order chi connectivity index (χ1) is 18.7. The van der Waals surface area contributed by atoms with Crippen LogP contribution in [0.3, 0.4) is 0 Å². The first kappa shape index (κ1) is 21.4. The Labute approximate surface area is 221 Å². The van der Waals surface area contributed by atoms with Gasteiger partial charge in [0.25, 0.3) is 0 Å². The van der Waals surface area contributed by atoms with Crippen LogP contribution in [-0.2, 0) is 0 Å². The van der Waals surface area contributed by atoms with Crippen LogP contribution in [0.5, 0.6) is 0 Å². The molecule has 0 bridgehead atoms. The van der Waals surface area contributed by atoms with E-state index in [-0.39, 0.29) is 0 Å². The molecule has 0 N–H and O–H groups in total. The van der Waals surface area contributed by atoms with E-state index in [4.69, 9.17) is 4.98 Å². The molecule has 0 radical (unpaired) electrons. The Balaban J connectivity index is 1.32. The number of rotatable bonds is 2. The van der Waals surface area contributed by atoms with Crippen LogP contribution in [0.1, 0.15) is 30.5 Å². The largest absolute Gasteiger partial charge is 0.295 e. The van der Waals surface area contributed by atoms with E-state index in [1.54, 1.807) is 0 Å². The summed E-state index contributed by atoms with van der Waals surface area (Å²) in [6, 6.07) is 39.6. The summed E-state index contributed by atoms with van der Waals surface area (Å²) in [5, 5.41) is 5.00. The Morgan fingerprint density at radius 2 is 1.34 bits per heavy atom. The van der Waals surface area contributed by atoms with Crippen LogP contribution in [0, 0.1) is 0 Å². The average molecular weight is 487 g/mol. The smallest absolute Gasteiger partial charge is 0.146 e. The summed E-state index contributed by atoms with van der Waals surface area (Å²) in [6.45, 7) is 2.33. The fraction of sp³-hybridized carbons (Fsp3) is 0.0833. The Hall–Kier alpha value is -4.69. The highest BCUT2D eigenvalue weighted by Crippen LogP contribution is 2.40. The van der Waals surface area contributed by atoms with Gasteiger partial charge in [-0.3, -0.25) is 4.40 Å². The standard InChI is InChI=1S/C36H26N2/c1-23-8-7-11-30-32-22-29(18-19-31(32)36-37-33-12-5-6-13-34(33)38(36)35(23)30)28-17-16-26-20-25(14-15-27(26)21-28)24-9-3-2-4-10-24/h2-7,9-23H,8H2,1H3. The number of allylic oxidation sites excluding steroid dienone is 1. The number of hydrogen-bond donors (Lipinski definition) is 0. The molecule has 8 rings (SSSR count). The normalized spacial score (nSPS) is 15.0. The number of aromatic nitrogens is 2. The van der Waals surface area contributed by atoms with E-state index < -0.39 is 0 Å². The molecular weight excluding hydrogens is 460 g/mol. The van der Waals surface area contributed by atoms with Gasteiger partial charge in [-0.05, 0) is 81.2 Å². The molecule has 0 saturated carbocycles. The molecule has 1 aliphatic carbocycles. The second-order valence-electron chi connectivity index (χ2n) is 10.5. The summed E-state index contributed by atoms with van der Waals surface area (Å²) >= 11 is 0. The van der Waals surface area contributed by atoms with Gasteiger partial charge in [-0.1, -0.05) is 91.9 Å². The Bertz CT molecular complexity index is 2060. The van der Waals surface area contributed by atoms with E-state index in [0.29, 0.717) is 5.92 Å². The van der Waals surface area contributed by atoms with Gasteiger partial charge in [0, 0.05) is 22.6 Å². The minimum Gasteiger partial charge on any atom is -0.295 e. The molecule has 5 aromatic carbocycles. The quantitative estimate of drug-likeness (QED) is 0.238. The maximum atomic E-state index is 5.10. The van der Waals surface area contributed by atoms with Gasteiger partial charge in [-0.2, -0.15) is 0 Å². The third-order valence-corrected chi connectivity index (χ3v) is 8.15. The predicted molar refractivity (Wildman–Crippen MR) is 161 cm³/mol. The van der Waals surface area contributed by atoms with Gasteiger partial charge in [0.1, 0.15) is 5.65 Å². The van der Waals surface area contributed by atoms with Gasteiger partial charge in [0.15, 0.2) is 0 Å². The summed E-state index contributed by atoms with van der Waals surface area (Å²) in [5.74, 6) is 0.433. The van der Waals surface area contributed by atoms with Gasteiger partial charge in [-0.15, -0.1) is 0 Å². The number of fused-ring (bicyclic) bond motifs is 9. The summed E-state index contributed by atoms with van der Waals surface area (Å²) < 4.78 is 2.40. The van der Waals surface area contributed by atoms with Crippen LogP contribution in [0.15, 0.2) is 115 Å². The van der Waals surface area contributed by atoms with E-state index in [2.05, 4.69) is 133 Å². The van der Waals surface area contributed by atoms with Gasteiger partial charge in [0.2, 0.25) is 0 Å². The lowest BCUT2D eigenvalue weighted by Crippen LogP contribution is -2.08. The zero-order chi connectivity index (χ0) is 25.2. The lowest BCUT2D eigenvalue weighted by atomic mass is 9.88. The zero-order valence-electron chi connectivity index (χ0n) is 21.2. The van der Waals surface area contributed by atoms with Crippen molar-refractivity contribution >= 4 is 44.3 Å². The maximum absolute atomic E-state index is 5.10. The highest BCUT2D eigenvalue weighted by Gasteiger charge is 2.23. The van der Waals surface area contributed by atoms with E-state index in [1.807, 2.05) is 0 Å². The molecule has 2 aromatic heterocycles. The number of nitrogens with zero attached hydrogens (tertiary/aromatic N) is 2. The van der Waals surface area contributed by atoms with Crippen molar-refractivity contribution in [3.63, 3.8) is 0 Å². The minimum atomic E-state index is 0.433. The molecule has 0 spiro atoms. The first-order valence-electron chi connectivity index (χ1n) is 13.4. The number of hydrogen-bond acceptors (Lipinski definition) is 1. The van der Waals surface area contributed by atoms with Crippen LogP contribution < -0.4 is 0 Å². The highest BCUT2D eigenvalue weighted by molar-refractivity contribution is 6.05. The molecule has 0 aliphatic heterocycles. The van der Waals surface area contributed by atoms with Gasteiger partial charge < -0.3 is 0 Å². The monoisotopic (exact) mass is 486 g/mol. The molecule has 2 heteroatoms. The van der Waals surface area contributed by atoms with E-state index in [0.717, 1.165) is 17.6 Å². The van der Waals surface area contributed by atoms with Crippen molar-refractivity contribution < 1.29 is 0 Å². The number of para-hydroxylation sites is 2. The third-order valence-electron chi connectivity index (χ3n) is 8.15. The molecule has 7 aromatic rings. The average Bonchev–Trinajstić information content (AvgIpc) is 3.37. The van der Waals surface area contributed by atoms with Crippen molar-refractivity contribution in [1.82, 2.24) is 9.38 Å². The van der Waals surface area contributed by atoms with Crippen molar-refractivity contribution in [3.05, 3.63) is 127 Å². The molecule has 1 atom stereocenters. The van der Waals surface area contributed by atoms with Crippen molar-refractivity contribution in [2.24, 2.45) is 0 Å². The van der Waals surface area contributed by atoms with Crippen LogP contribution in [0.25, 0.3) is 66.6 Å². The first-order valence-corrected chi connectivity index (χ1v) is 13.4. The van der Waals surface area contributed by atoms with Gasteiger partial charge in [0.05, 0.1) is 11.0 Å². The van der Waals surface area contributed by atoms with E-state index in [1.165, 1.54) is 60.6 Å². The summed E-state index contributed by atoms with van der Waals surface area (Å²) in [5.41, 5.74) is 11.0. The van der Waals surface area contributed by atoms with E-state index >= 15 is 0 Å². The molecule has 0 fully saturated rings. The molecule has 0 saturated heterocycles. The minimum absolute atomic E-state index is 0.433. The topological polar surface area (TPSA) is 17.3 Å². The second-order valence-corrected chi connectivity index (χ2v) is 10.5. The fourth-order valence-corrected chi connectivity index (χ4v) is 6.25. The molecule has 2 nitrogen and oxygen atoms in total. The number of benzene rings is 5. The lowest BCUT2D eigenvalue weighted by molar-refractivity contribution is 0.733. The second kappa shape index (κ2) is 8.16. The molecule has 1 aliphatic rings. The van der Waals surface area contributed by atoms with Crippen LogP contribution >= 0.6 is 0 Å². The summed E-state index contributed by atoms with van der Waals surface area (Å²) in [7, 11) is 0. The number of pyridine rings is 1. The van der Waals surface area contributed by atoms with Crippen molar-refractivity contribution in [3.8, 4) is 22.3 Å². The van der Waals surface area contributed by atoms with E-state index in [9.17, 15) is 0 Å². The Morgan fingerprint density at radius 3 is 2.16 bits per heavy atom. The Morgan fingerprint density at radius 1 is 0.658 bits per heavy atom. The number of imidazole rings is 1.